The zero-order valence-electron chi connectivity index (χ0n) is 21.2. The van der Waals surface area contributed by atoms with Crippen LogP contribution >= 0.6 is 0 Å². The highest BCUT2D eigenvalue weighted by Crippen LogP contribution is 2.29. The van der Waals surface area contributed by atoms with Gasteiger partial charge in [-0.3, -0.25) is 20.0 Å². The summed E-state index contributed by atoms with van der Waals surface area (Å²) < 4.78 is 44.1. The maximum absolute atomic E-state index is 13.3. The average molecular weight is 538 g/mol. The van der Waals surface area contributed by atoms with Crippen LogP contribution in [-0.4, -0.2) is 41.7 Å². The van der Waals surface area contributed by atoms with E-state index in [-0.39, 0.29) is 30.3 Å². The van der Waals surface area contributed by atoms with Crippen molar-refractivity contribution in [2.45, 2.75) is 19.3 Å². The summed E-state index contributed by atoms with van der Waals surface area (Å²) in [6, 6.07) is 19.8. The van der Waals surface area contributed by atoms with Crippen LogP contribution in [0.4, 0.5) is 23.7 Å². The maximum Gasteiger partial charge on any atom is 0.416 e. The molecule has 0 spiro atoms. The Morgan fingerprint density at radius 3 is 2.13 bits per heavy atom. The number of hydrogen-bond donors (Lipinski definition) is 3. The number of imide groups is 1. The number of urea groups is 1. The van der Waals surface area contributed by atoms with E-state index in [0.717, 1.165) is 17.0 Å². The Morgan fingerprint density at radius 2 is 1.54 bits per heavy atom. The molecule has 0 unspecified atom stereocenters. The first-order valence-corrected chi connectivity index (χ1v) is 11.9. The van der Waals surface area contributed by atoms with Crippen molar-refractivity contribution in [1.82, 2.24) is 15.1 Å². The molecule has 8 nitrogen and oxygen atoms in total. The Hall–Kier alpha value is -4.80. The topological polar surface area (TPSA) is 97.8 Å². The number of nitrogens with one attached hydrogen (secondary N) is 3. The predicted octanol–water partition coefficient (Wildman–Crippen LogP) is 5.20. The number of rotatable bonds is 8. The van der Waals surface area contributed by atoms with Gasteiger partial charge in [-0.05, 0) is 47.5 Å². The Balaban J connectivity index is 1.68. The van der Waals surface area contributed by atoms with Gasteiger partial charge in [-0.25, -0.2) is 4.79 Å². The van der Waals surface area contributed by atoms with Crippen LogP contribution in [0.2, 0.25) is 0 Å². The molecule has 0 atom stereocenters. The number of ether oxygens (including phenoxy) is 1. The van der Waals surface area contributed by atoms with Crippen molar-refractivity contribution in [3.8, 4) is 5.75 Å². The van der Waals surface area contributed by atoms with E-state index in [1.807, 2.05) is 6.07 Å². The van der Waals surface area contributed by atoms with Crippen molar-refractivity contribution >= 4 is 23.5 Å². The monoisotopic (exact) mass is 537 g/mol. The van der Waals surface area contributed by atoms with Crippen LogP contribution in [0.1, 0.15) is 16.7 Å². The number of amides is 3. The number of alkyl halides is 3. The third-order valence-corrected chi connectivity index (χ3v) is 6.09. The molecule has 3 N–H and O–H groups in total. The molecule has 3 amide bonds. The van der Waals surface area contributed by atoms with Gasteiger partial charge in [0.2, 0.25) is 0 Å². The quantitative estimate of drug-likeness (QED) is 0.343. The number of methoxy groups -OCH3 is 1. The van der Waals surface area contributed by atoms with Crippen molar-refractivity contribution in [2.24, 2.45) is 0 Å². The highest BCUT2D eigenvalue weighted by atomic mass is 19.4. The average Bonchev–Trinajstić information content (AvgIpc) is 2.93. The van der Waals surface area contributed by atoms with E-state index >= 15 is 0 Å². The molecule has 0 aromatic heterocycles. The van der Waals surface area contributed by atoms with E-state index in [1.165, 1.54) is 31.2 Å². The fraction of sp³-hybridized carbons (Fsp3) is 0.179. The number of carbonyl (C=O) groups excluding carboxylic acids is 2. The lowest BCUT2D eigenvalue weighted by Gasteiger charge is -2.35. The smallest absolute Gasteiger partial charge is 0.416 e. The lowest BCUT2D eigenvalue weighted by atomic mass is 10.1. The van der Waals surface area contributed by atoms with Crippen LogP contribution in [0.15, 0.2) is 90.3 Å². The van der Waals surface area contributed by atoms with Gasteiger partial charge in [-0.2, -0.15) is 13.2 Å². The molecule has 1 saturated heterocycles. The van der Waals surface area contributed by atoms with E-state index < -0.39 is 23.7 Å². The van der Waals surface area contributed by atoms with Crippen LogP contribution in [0.25, 0.3) is 0 Å². The summed E-state index contributed by atoms with van der Waals surface area (Å²) in [6.07, 6.45) is -4.46. The maximum atomic E-state index is 13.3. The normalized spacial score (nSPS) is 15.4. The summed E-state index contributed by atoms with van der Waals surface area (Å²) in [4.78, 5) is 28.4. The van der Waals surface area contributed by atoms with Crippen molar-refractivity contribution in [3.63, 3.8) is 0 Å². The van der Waals surface area contributed by atoms with Crippen molar-refractivity contribution in [2.75, 3.05) is 19.5 Å². The molecule has 1 fully saturated rings. The van der Waals surface area contributed by atoms with Crippen molar-refractivity contribution < 1.29 is 27.5 Å². The van der Waals surface area contributed by atoms with Crippen LogP contribution in [-0.2, 0) is 24.1 Å². The lowest BCUT2D eigenvalue weighted by Crippen LogP contribution is -2.55. The lowest BCUT2D eigenvalue weighted by molar-refractivity contribution is -0.137. The minimum absolute atomic E-state index is 0.0281. The van der Waals surface area contributed by atoms with Crippen LogP contribution in [0.3, 0.4) is 0 Å². The minimum Gasteiger partial charge on any atom is -0.497 e. The molecule has 4 rings (SSSR count). The molecule has 3 aromatic rings. The molecule has 0 bridgehead atoms. The second-order valence-corrected chi connectivity index (χ2v) is 8.72. The molecular weight excluding hydrogens is 511 g/mol. The number of benzene rings is 3. The van der Waals surface area contributed by atoms with Gasteiger partial charge in [0.05, 0.1) is 19.2 Å². The van der Waals surface area contributed by atoms with Crippen molar-refractivity contribution in [1.29, 1.82) is 5.41 Å². The molecule has 1 heterocycles. The van der Waals surface area contributed by atoms with Crippen LogP contribution in [0, 0.1) is 5.41 Å². The van der Waals surface area contributed by atoms with E-state index in [2.05, 4.69) is 10.6 Å². The number of amidine groups is 1. The number of para-hydroxylation sites is 1. The number of carbonyl (C=O) groups is 2. The SMILES string of the molecule is COc1ccc(CN2C(=N)/C(=C(\NCc3ccc(C(F)(F)F)cc3)Nc3ccccc3)C(=O)N(C)C2=O)cc1. The van der Waals surface area contributed by atoms with Gasteiger partial charge < -0.3 is 15.4 Å². The number of hydrogen-bond acceptors (Lipinski definition) is 6. The third-order valence-electron chi connectivity index (χ3n) is 6.09. The fourth-order valence-electron chi connectivity index (χ4n) is 3.92. The Labute approximate surface area is 223 Å². The zero-order chi connectivity index (χ0) is 28.2. The summed E-state index contributed by atoms with van der Waals surface area (Å²) in [7, 11) is 2.86. The number of nitrogens with zero attached hydrogens (tertiary/aromatic N) is 2. The molecule has 39 heavy (non-hydrogen) atoms. The molecule has 0 radical (unpaired) electrons. The summed E-state index contributed by atoms with van der Waals surface area (Å²) in [6.45, 7) is 0.0772. The second-order valence-electron chi connectivity index (χ2n) is 8.72. The number of anilines is 1. The van der Waals surface area contributed by atoms with Crippen molar-refractivity contribution in [3.05, 3.63) is 107 Å². The summed E-state index contributed by atoms with van der Waals surface area (Å²) in [5.41, 5.74) is 0.963. The standard InChI is InChI=1S/C28H26F3N5O3/c1-35-26(37)23(24(32)36(27(35)38)17-19-10-14-22(39-2)15-11-19)25(34-21-6-4-3-5-7-21)33-16-18-8-12-20(13-9-18)28(29,30)31/h3-15,32-34H,16-17H2,1-2H3/b25-23-,32-24?. The molecule has 202 valence electrons. The summed E-state index contributed by atoms with van der Waals surface area (Å²) >= 11 is 0. The van der Waals surface area contributed by atoms with E-state index in [1.54, 1.807) is 48.5 Å². The first kappa shape index (κ1) is 27.2. The fourth-order valence-corrected chi connectivity index (χ4v) is 3.92. The van der Waals surface area contributed by atoms with Gasteiger partial charge in [0.15, 0.2) is 0 Å². The second kappa shape index (κ2) is 11.3. The first-order chi connectivity index (χ1) is 18.6. The molecule has 11 heteroatoms. The van der Waals surface area contributed by atoms with E-state index in [4.69, 9.17) is 10.1 Å². The summed E-state index contributed by atoms with van der Waals surface area (Å²) in [5.74, 6) is -0.254. The van der Waals surface area contributed by atoms with Gasteiger partial charge in [0.25, 0.3) is 5.91 Å². The molecule has 0 saturated carbocycles. The largest absolute Gasteiger partial charge is 0.497 e. The molecular formula is C28H26F3N5O3. The zero-order valence-corrected chi connectivity index (χ0v) is 21.2. The van der Waals surface area contributed by atoms with Gasteiger partial charge in [-0.1, -0.05) is 42.5 Å². The molecule has 1 aliphatic rings. The van der Waals surface area contributed by atoms with E-state index in [0.29, 0.717) is 22.6 Å². The van der Waals surface area contributed by atoms with Gasteiger partial charge >= 0.3 is 12.2 Å². The Bertz CT molecular complexity index is 1390. The third kappa shape index (κ3) is 6.20. The molecule has 0 aliphatic carbocycles. The van der Waals surface area contributed by atoms with E-state index in [9.17, 15) is 22.8 Å². The highest BCUT2D eigenvalue weighted by molar-refractivity contribution is 6.30. The Kier molecular flexibility index (Phi) is 7.89. The predicted molar refractivity (Wildman–Crippen MR) is 140 cm³/mol. The Morgan fingerprint density at radius 1 is 0.923 bits per heavy atom. The van der Waals surface area contributed by atoms with Crippen LogP contribution < -0.4 is 15.4 Å². The minimum atomic E-state index is -4.46. The van der Waals surface area contributed by atoms with Gasteiger partial charge in [0.1, 0.15) is 23.0 Å². The first-order valence-electron chi connectivity index (χ1n) is 11.9. The van der Waals surface area contributed by atoms with Gasteiger partial charge in [0, 0.05) is 19.3 Å². The molecule has 1 aliphatic heterocycles. The number of likely N-dealkylation sites (N-methyl/N-ethyl adjacent to an activating group) is 1. The highest BCUT2D eigenvalue weighted by Gasteiger charge is 2.40. The van der Waals surface area contributed by atoms with Crippen LogP contribution in [0.5, 0.6) is 5.75 Å². The molecule has 3 aromatic carbocycles. The van der Waals surface area contributed by atoms with Gasteiger partial charge in [-0.15, -0.1) is 0 Å². The number of halogens is 3. The summed E-state index contributed by atoms with van der Waals surface area (Å²) in [5, 5.41) is 15.0.